The zero-order valence-corrected chi connectivity index (χ0v) is 13.4. The van der Waals surface area contributed by atoms with Gasteiger partial charge in [0.2, 0.25) is 0 Å². The van der Waals surface area contributed by atoms with Crippen LogP contribution in [-0.2, 0) is 6.42 Å². The highest BCUT2D eigenvalue weighted by atomic mass is 19.1. The van der Waals surface area contributed by atoms with Crippen LogP contribution in [0.2, 0.25) is 0 Å². The topological polar surface area (TPSA) is 6.48 Å². The predicted octanol–water partition coefficient (Wildman–Crippen LogP) is 3.72. The number of nitrogens with zero attached hydrogens (tertiary/aromatic N) is 2. The van der Waals surface area contributed by atoms with Crippen molar-refractivity contribution in [1.82, 2.24) is 4.90 Å². The molecule has 1 atom stereocenters. The molecule has 0 aliphatic carbocycles. The third-order valence-corrected chi connectivity index (χ3v) is 4.58. The fourth-order valence-electron chi connectivity index (χ4n) is 3.20. The van der Waals surface area contributed by atoms with Crippen molar-refractivity contribution in [2.45, 2.75) is 19.4 Å². The number of hydrogen-bond donors (Lipinski definition) is 0. The Morgan fingerprint density at radius 2 is 1.57 bits per heavy atom. The molecule has 0 N–H and O–H groups in total. The molecule has 0 spiro atoms. The lowest BCUT2D eigenvalue weighted by molar-refractivity contribution is 0.195. The van der Waals surface area contributed by atoms with Gasteiger partial charge in [-0.25, -0.2) is 8.78 Å². The molecule has 3 rings (SSSR count). The lowest BCUT2D eigenvalue weighted by Crippen LogP contribution is -2.50. The Hall–Kier alpha value is -1.94. The summed E-state index contributed by atoms with van der Waals surface area (Å²) in [7, 11) is 0. The van der Waals surface area contributed by atoms with E-state index in [0.29, 0.717) is 11.7 Å². The fourth-order valence-corrected chi connectivity index (χ4v) is 3.20. The smallest absolute Gasteiger partial charge is 0.146 e. The molecule has 1 aliphatic heterocycles. The molecule has 1 heterocycles. The second-order valence-corrected chi connectivity index (χ2v) is 6.15. The van der Waals surface area contributed by atoms with Gasteiger partial charge in [0, 0.05) is 32.2 Å². The number of piperazine rings is 1. The molecular formula is C19H22F2N2. The van der Waals surface area contributed by atoms with E-state index in [1.807, 2.05) is 24.3 Å². The standard InChI is InChI=1S/C19H22F2N2/c1-15(14-16-6-8-17(20)9-7-16)22-10-12-23(13-11-22)19-5-3-2-4-18(19)21/h2-9,15H,10-14H2,1H3. The van der Waals surface area contributed by atoms with E-state index >= 15 is 0 Å². The Morgan fingerprint density at radius 3 is 2.22 bits per heavy atom. The van der Waals surface area contributed by atoms with Crippen LogP contribution in [0.3, 0.4) is 0 Å². The summed E-state index contributed by atoms with van der Waals surface area (Å²) in [6.07, 6.45) is 0.903. The van der Waals surface area contributed by atoms with Gasteiger partial charge >= 0.3 is 0 Å². The maximum Gasteiger partial charge on any atom is 0.146 e. The maximum absolute atomic E-state index is 13.9. The Bertz CT molecular complexity index is 634. The van der Waals surface area contributed by atoms with E-state index in [4.69, 9.17) is 0 Å². The van der Waals surface area contributed by atoms with Crippen LogP contribution in [0.1, 0.15) is 12.5 Å². The molecule has 1 unspecified atom stereocenters. The molecule has 0 aromatic heterocycles. The molecule has 1 fully saturated rings. The number of anilines is 1. The van der Waals surface area contributed by atoms with E-state index < -0.39 is 0 Å². The van der Waals surface area contributed by atoms with Crippen LogP contribution in [0.4, 0.5) is 14.5 Å². The zero-order chi connectivity index (χ0) is 16.2. The van der Waals surface area contributed by atoms with E-state index in [2.05, 4.69) is 16.7 Å². The van der Waals surface area contributed by atoms with Gasteiger partial charge in [-0.15, -0.1) is 0 Å². The molecule has 4 heteroatoms. The van der Waals surface area contributed by atoms with E-state index in [9.17, 15) is 8.78 Å². The Morgan fingerprint density at radius 1 is 0.913 bits per heavy atom. The van der Waals surface area contributed by atoms with Crippen molar-refractivity contribution >= 4 is 5.69 Å². The van der Waals surface area contributed by atoms with Gasteiger partial charge in [-0.2, -0.15) is 0 Å². The average Bonchev–Trinajstić information content (AvgIpc) is 2.57. The van der Waals surface area contributed by atoms with Crippen molar-refractivity contribution in [2.24, 2.45) is 0 Å². The summed E-state index contributed by atoms with van der Waals surface area (Å²) in [6.45, 7) is 5.68. The number of benzene rings is 2. The van der Waals surface area contributed by atoms with Gasteiger partial charge in [-0.1, -0.05) is 24.3 Å². The van der Waals surface area contributed by atoms with E-state index in [1.165, 1.54) is 18.2 Å². The molecular weight excluding hydrogens is 294 g/mol. The lowest BCUT2D eigenvalue weighted by Gasteiger charge is -2.39. The molecule has 0 amide bonds. The first kappa shape index (κ1) is 15.9. The zero-order valence-electron chi connectivity index (χ0n) is 13.4. The predicted molar refractivity (Wildman–Crippen MR) is 89.8 cm³/mol. The molecule has 0 saturated carbocycles. The highest BCUT2D eigenvalue weighted by Gasteiger charge is 2.22. The van der Waals surface area contributed by atoms with E-state index in [1.54, 1.807) is 6.07 Å². The number of rotatable bonds is 4. The first-order valence-corrected chi connectivity index (χ1v) is 8.11. The van der Waals surface area contributed by atoms with Crippen molar-refractivity contribution in [1.29, 1.82) is 0 Å². The van der Waals surface area contributed by atoms with Crippen molar-refractivity contribution in [2.75, 3.05) is 31.1 Å². The van der Waals surface area contributed by atoms with Crippen LogP contribution in [0.5, 0.6) is 0 Å². The second kappa shape index (κ2) is 7.09. The number of para-hydroxylation sites is 1. The van der Waals surface area contributed by atoms with Gasteiger partial charge in [0.1, 0.15) is 11.6 Å². The van der Waals surface area contributed by atoms with Crippen LogP contribution in [0.15, 0.2) is 48.5 Å². The minimum Gasteiger partial charge on any atom is -0.367 e. The van der Waals surface area contributed by atoms with Gasteiger partial charge in [0.15, 0.2) is 0 Å². The molecule has 2 aromatic carbocycles. The lowest BCUT2D eigenvalue weighted by atomic mass is 10.1. The molecule has 122 valence electrons. The van der Waals surface area contributed by atoms with Crippen molar-refractivity contribution in [3.05, 3.63) is 65.7 Å². The van der Waals surface area contributed by atoms with Gasteiger partial charge in [-0.3, -0.25) is 4.90 Å². The number of hydrogen-bond acceptors (Lipinski definition) is 2. The fraction of sp³-hybridized carbons (Fsp3) is 0.368. The molecule has 2 aromatic rings. The SMILES string of the molecule is CC(Cc1ccc(F)cc1)N1CCN(c2ccccc2F)CC1. The summed E-state index contributed by atoms with van der Waals surface area (Å²) in [6, 6.07) is 14.1. The quantitative estimate of drug-likeness (QED) is 0.848. The van der Waals surface area contributed by atoms with Crippen LogP contribution >= 0.6 is 0 Å². The Kier molecular flexibility index (Phi) is 4.91. The Labute approximate surface area is 136 Å². The van der Waals surface area contributed by atoms with Crippen LogP contribution in [0, 0.1) is 11.6 Å². The molecule has 23 heavy (non-hydrogen) atoms. The van der Waals surface area contributed by atoms with Gasteiger partial charge in [-0.05, 0) is 43.2 Å². The third kappa shape index (κ3) is 3.88. The monoisotopic (exact) mass is 316 g/mol. The maximum atomic E-state index is 13.9. The largest absolute Gasteiger partial charge is 0.367 e. The Balaban J connectivity index is 1.56. The van der Waals surface area contributed by atoms with Gasteiger partial charge < -0.3 is 4.90 Å². The van der Waals surface area contributed by atoms with Gasteiger partial charge in [0.25, 0.3) is 0 Å². The highest BCUT2D eigenvalue weighted by molar-refractivity contribution is 5.48. The summed E-state index contributed by atoms with van der Waals surface area (Å²) < 4.78 is 26.8. The van der Waals surface area contributed by atoms with E-state index in [0.717, 1.165) is 38.2 Å². The molecule has 1 aliphatic rings. The van der Waals surface area contributed by atoms with Gasteiger partial charge in [0.05, 0.1) is 5.69 Å². The molecule has 2 nitrogen and oxygen atoms in total. The van der Waals surface area contributed by atoms with Crippen LogP contribution < -0.4 is 4.90 Å². The normalized spacial score (nSPS) is 17.3. The van der Waals surface area contributed by atoms with Crippen LogP contribution in [0.25, 0.3) is 0 Å². The minimum atomic E-state index is -0.195. The summed E-state index contributed by atoms with van der Waals surface area (Å²) in [5.41, 5.74) is 1.84. The summed E-state index contributed by atoms with van der Waals surface area (Å²) in [4.78, 5) is 4.52. The summed E-state index contributed by atoms with van der Waals surface area (Å²) >= 11 is 0. The second-order valence-electron chi connectivity index (χ2n) is 6.15. The average molecular weight is 316 g/mol. The summed E-state index contributed by atoms with van der Waals surface area (Å²) in [5, 5.41) is 0. The first-order valence-electron chi connectivity index (χ1n) is 8.11. The summed E-state index contributed by atoms with van der Waals surface area (Å²) in [5.74, 6) is -0.347. The van der Waals surface area contributed by atoms with Crippen molar-refractivity contribution < 1.29 is 8.78 Å². The number of halogens is 2. The minimum absolute atomic E-state index is 0.152. The van der Waals surface area contributed by atoms with Crippen molar-refractivity contribution in [3.8, 4) is 0 Å². The highest BCUT2D eigenvalue weighted by Crippen LogP contribution is 2.21. The van der Waals surface area contributed by atoms with Crippen LogP contribution in [-0.4, -0.2) is 37.1 Å². The third-order valence-electron chi connectivity index (χ3n) is 4.58. The molecule has 0 bridgehead atoms. The van der Waals surface area contributed by atoms with Crippen molar-refractivity contribution in [3.63, 3.8) is 0 Å². The molecule has 1 saturated heterocycles. The molecule has 0 radical (unpaired) electrons. The van der Waals surface area contributed by atoms with E-state index in [-0.39, 0.29) is 11.6 Å². The first-order chi connectivity index (χ1) is 11.1.